The lowest BCUT2D eigenvalue weighted by atomic mass is 10.2. The van der Waals surface area contributed by atoms with Crippen LogP contribution in [-0.4, -0.2) is 24.4 Å². The number of hydrogen-bond acceptors (Lipinski definition) is 5. The van der Waals surface area contributed by atoms with Gasteiger partial charge in [0.05, 0.1) is 18.8 Å². The van der Waals surface area contributed by atoms with Crippen LogP contribution >= 0.6 is 0 Å². The second-order valence-electron chi connectivity index (χ2n) is 5.98. The monoisotopic (exact) mass is 342 g/mol. The molecule has 0 saturated carbocycles. The summed E-state index contributed by atoms with van der Waals surface area (Å²) in [5, 5.41) is 4.09. The van der Waals surface area contributed by atoms with Crippen molar-refractivity contribution in [1.82, 2.24) is 18.7 Å². The first-order valence-electron chi connectivity index (χ1n) is 7.70. The summed E-state index contributed by atoms with van der Waals surface area (Å²) in [7, 11) is 1.54. The zero-order valence-corrected chi connectivity index (χ0v) is 13.7. The van der Waals surface area contributed by atoms with Crippen LogP contribution in [0.25, 0.3) is 11.2 Å². The maximum absolute atomic E-state index is 14.0. The van der Waals surface area contributed by atoms with Crippen LogP contribution in [0.4, 0.5) is 10.3 Å². The lowest BCUT2D eigenvalue weighted by Gasteiger charge is -2.14. The van der Waals surface area contributed by atoms with Gasteiger partial charge in [-0.3, -0.25) is 18.5 Å². The summed E-state index contributed by atoms with van der Waals surface area (Å²) in [4.78, 5) is 29.9. The quantitative estimate of drug-likeness (QED) is 0.749. The molecule has 1 aliphatic rings. The van der Waals surface area contributed by atoms with Gasteiger partial charge in [-0.15, -0.1) is 0 Å². The number of hydrogen-bond donors (Lipinski definition) is 1. The highest BCUT2D eigenvalue weighted by molar-refractivity contribution is 5.87. The predicted octanol–water partition coefficient (Wildman–Crippen LogP) is 0.885. The Morgan fingerprint density at radius 3 is 2.80 bits per heavy atom. The number of halogens is 1. The molecule has 1 aliphatic heterocycles. The van der Waals surface area contributed by atoms with E-state index < -0.39 is 17.1 Å². The number of aromatic nitrogens is 4. The Bertz CT molecular complexity index is 1150. The molecular weight excluding hydrogens is 327 g/mol. The van der Waals surface area contributed by atoms with Gasteiger partial charge in [-0.25, -0.2) is 14.6 Å². The normalized spacial score (nSPS) is 13.5. The highest BCUT2D eigenvalue weighted by Crippen LogP contribution is 2.18. The van der Waals surface area contributed by atoms with Crippen LogP contribution in [0.2, 0.25) is 0 Å². The van der Waals surface area contributed by atoms with Crippen LogP contribution in [0.5, 0.6) is 0 Å². The molecule has 9 heteroatoms. The zero-order valence-electron chi connectivity index (χ0n) is 13.7. The molecule has 1 N–H and O–H groups in total. The Kier molecular flexibility index (Phi) is 3.31. The summed E-state index contributed by atoms with van der Waals surface area (Å²) >= 11 is 0. The molecule has 0 fully saturated rings. The molecule has 0 bridgehead atoms. The van der Waals surface area contributed by atoms with Crippen molar-refractivity contribution in [2.45, 2.75) is 20.0 Å². The van der Waals surface area contributed by atoms with Crippen LogP contribution in [0, 0.1) is 5.82 Å². The van der Waals surface area contributed by atoms with E-state index in [1.807, 2.05) is 6.92 Å². The second-order valence-corrected chi connectivity index (χ2v) is 5.98. The minimum Gasteiger partial charge on any atom is -0.297 e. The summed E-state index contributed by atoms with van der Waals surface area (Å²) in [5.74, 6) is -0.0622. The van der Waals surface area contributed by atoms with Crippen molar-refractivity contribution in [2.24, 2.45) is 12.1 Å². The van der Waals surface area contributed by atoms with Gasteiger partial charge >= 0.3 is 5.69 Å². The minimum atomic E-state index is -0.547. The van der Waals surface area contributed by atoms with Crippen molar-refractivity contribution in [2.75, 3.05) is 5.43 Å². The largest absolute Gasteiger partial charge is 0.332 e. The van der Waals surface area contributed by atoms with Gasteiger partial charge in [0, 0.05) is 12.6 Å². The number of hydrazone groups is 1. The summed E-state index contributed by atoms with van der Waals surface area (Å²) in [6, 6.07) is 6.07. The SMILES string of the molecule is CC1=NNc2nc3c(c(=O)n(Cc4ccccc4F)c(=O)n3C)n2C1. The smallest absolute Gasteiger partial charge is 0.297 e. The molecule has 0 unspecified atom stereocenters. The number of nitrogens with zero attached hydrogens (tertiary/aromatic N) is 5. The standard InChI is InChI=1S/C16H15FN6O2/c1-9-7-22-12-13(18-15(22)20-19-9)21(2)16(25)23(14(12)24)8-10-5-3-4-6-11(10)17/h3-6H,7-8H2,1-2H3,(H,18,20). The number of benzene rings is 1. The van der Waals surface area contributed by atoms with E-state index in [0.717, 1.165) is 10.3 Å². The molecule has 0 amide bonds. The number of fused-ring (bicyclic) bond motifs is 3. The molecule has 0 spiro atoms. The third kappa shape index (κ3) is 2.27. The molecule has 1 aromatic carbocycles. The van der Waals surface area contributed by atoms with Crippen molar-refractivity contribution in [3.63, 3.8) is 0 Å². The van der Waals surface area contributed by atoms with Crippen molar-refractivity contribution in [1.29, 1.82) is 0 Å². The van der Waals surface area contributed by atoms with E-state index in [9.17, 15) is 14.0 Å². The molecule has 25 heavy (non-hydrogen) atoms. The van der Waals surface area contributed by atoms with Gasteiger partial charge in [0.25, 0.3) is 5.56 Å². The minimum absolute atomic E-state index is 0.144. The van der Waals surface area contributed by atoms with Gasteiger partial charge in [-0.2, -0.15) is 10.1 Å². The molecule has 0 radical (unpaired) electrons. The summed E-state index contributed by atoms with van der Waals surface area (Å²) < 4.78 is 17.9. The van der Waals surface area contributed by atoms with Gasteiger partial charge in [0.2, 0.25) is 5.95 Å². The number of nitrogens with one attached hydrogen (secondary N) is 1. The zero-order chi connectivity index (χ0) is 17.7. The molecule has 3 aromatic rings. The van der Waals surface area contributed by atoms with Gasteiger partial charge in [-0.05, 0) is 13.0 Å². The number of imidazole rings is 1. The van der Waals surface area contributed by atoms with Crippen LogP contribution < -0.4 is 16.7 Å². The molecule has 128 valence electrons. The summed E-state index contributed by atoms with van der Waals surface area (Å²) in [6.07, 6.45) is 0. The van der Waals surface area contributed by atoms with Gasteiger partial charge in [0.15, 0.2) is 11.2 Å². The topological polar surface area (TPSA) is 86.2 Å². The number of aryl methyl sites for hydroxylation is 1. The van der Waals surface area contributed by atoms with Crippen molar-refractivity contribution in [3.05, 3.63) is 56.5 Å². The fraction of sp³-hybridized carbons (Fsp3) is 0.250. The molecule has 2 aromatic heterocycles. The number of anilines is 1. The van der Waals surface area contributed by atoms with Crippen molar-refractivity contribution >= 4 is 22.8 Å². The fourth-order valence-electron chi connectivity index (χ4n) is 2.96. The Labute approximate surface area is 140 Å². The van der Waals surface area contributed by atoms with Gasteiger partial charge in [0.1, 0.15) is 5.82 Å². The van der Waals surface area contributed by atoms with E-state index in [-0.39, 0.29) is 23.3 Å². The Balaban J connectivity index is 1.98. The summed E-state index contributed by atoms with van der Waals surface area (Å²) in [6.45, 7) is 2.07. The highest BCUT2D eigenvalue weighted by Gasteiger charge is 2.22. The molecule has 0 atom stereocenters. The van der Waals surface area contributed by atoms with Gasteiger partial charge < -0.3 is 0 Å². The van der Waals surface area contributed by atoms with Crippen LogP contribution in [-0.2, 0) is 20.1 Å². The van der Waals surface area contributed by atoms with Crippen LogP contribution in [0.3, 0.4) is 0 Å². The van der Waals surface area contributed by atoms with E-state index in [4.69, 9.17) is 0 Å². The van der Waals surface area contributed by atoms with E-state index in [1.165, 1.54) is 17.7 Å². The van der Waals surface area contributed by atoms with Crippen molar-refractivity contribution in [3.8, 4) is 0 Å². The molecule has 8 nitrogen and oxygen atoms in total. The van der Waals surface area contributed by atoms with Gasteiger partial charge in [-0.1, -0.05) is 18.2 Å². The Morgan fingerprint density at radius 1 is 1.28 bits per heavy atom. The van der Waals surface area contributed by atoms with Crippen LogP contribution in [0.15, 0.2) is 39.0 Å². The maximum atomic E-state index is 14.0. The Morgan fingerprint density at radius 2 is 2.04 bits per heavy atom. The number of rotatable bonds is 2. The van der Waals surface area contributed by atoms with Crippen LogP contribution in [0.1, 0.15) is 12.5 Å². The molecule has 3 heterocycles. The molecule has 0 aliphatic carbocycles. The lowest BCUT2D eigenvalue weighted by molar-refractivity contribution is 0.582. The second kappa shape index (κ2) is 5.40. The fourth-order valence-corrected chi connectivity index (χ4v) is 2.96. The average molecular weight is 342 g/mol. The average Bonchev–Trinajstić information content (AvgIpc) is 2.97. The first-order chi connectivity index (χ1) is 12.0. The van der Waals surface area contributed by atoms with E-state index in [0.29, 0.717) is 12.5 Å². The predicted molar refractivity (Wildman–Crippen MR) is 91.5 cm³/mol. The third-order valence-electron chi connectivity index (χ3n) is 4.25. The third-order valence-corrected chi connectivity index (χ3v) is 4.25. The first kappa shape index (κ1) is 15.3. The van der Waals surface area contributed by atoms with E-state index in [2.05, 4.69) is 15.5 Å². The highest BCUT2D eigenvalue weighted by atomic mass is 19.1. The van der Waals surface area contributed by atoms with E-state index >= 15 is 0 Å². The lowest BCUT2D eigenvalue weighted by Crippen LogP contribution is -2.40. The molecular formula is C16H15FN6O2. The van der Waals surface area contributed by atoms with E-state index in [1.54, 1.807) is 22.8 Å². The Hall–Kier alpha value is -3.23. The molecule has 4 rings (SSSR count). The first-order valence-corrected chi connectivity index (χ1v) is 7.70. The van der Waals surface area contributed by atoms with Crippen molar-refractivity contribution < 1.29 is 4.39 Å². The molecule has 0 saturated heterocycles. The maximum Gasteiger partial charge on any atom is 0.332 e. The summed E-state index contributed by atoms with van der Waals surface area (Å²) in [5.41, 5.74) is 3.33.